The molecule has 0 aromatic heterocycles. The molecule has 5 N–H and O–H groups in total. The number of fused-ring (bicyclic) bond motifs is 1. The first-order valence-electron chi connectivity index (χ1n) is 6.84. The second kappa shape index (κ2) is 5.31. The van der Waals surface area contributed by atoms with Gasteiger partial charge in [0.25, 0.3) is 0 Å². The maximum absolute atomic E-state index is 10.2. The van der Waals surface area contributed by atoms with Crippen LogP contribution in [0.5, 0.6) is 28.7 Å². The summed E-state index contributed by atoms with van der Waals surface area (Å²) in [6.45, 7) is 0. The van der Waals surface area contributed by atoms with Gasteiger partial charge in [-0.2, -0.15) is 0 Å². The highest BCUT2D eigenvalue weighted by molar-refractivity contribution is 5.51. The van der Waals surface area contributed by atoms with Gasteiger partial charge >= 0.3 is 0 Å². The Balaban J connectivity index is 1.84. The SMILES string of the molecule is Oc1cc(O)c2c(c1)O[C@H](Cc1ccc(O)c(O)c1)[C@H](O)C2. The Morgan fingerprint density at radius 3 is 2.45 bits per heavy atom. The van der Waals surface area contributed by atoms with Gasteiger partial charge in [-0.05, 0) is 17.7 Å². The number of phenolic OH excluding ortho intramolecular Hbond substituents is 4. The Morgan fingerprint density at radius 2 is 1.73 bits per heavy atom. The van der Waals surface area contributed by atoms with Crippen LogP contribution in [-0.2, 0) is 12.8 Å². The summed E-state index contributed by atoms with van der Waals surface area (Å²) in [5.74, 6) is -0.355. The monoisotopic (exact) mass is 304 g/mol. The molecule has 0 spiro atoms. The van der Waals surface area contributed by atoms with Crippen LogP contribution in [-0.4, -0.2) is 37.7 Å². The molecule has 2 aromatic carbocycles. The molecule has 116 valence electrons. The van der Waals surface area contributed by atoms with Crippen LogP contribution in [0.2, 0.25) is 0 Å². The molecule has 1 aliphatic heterocycles. The molecule has 3 rings (SSSR count). The zero-order valence-electron chi connectivity index (χ0n) is 11.6. The normalized spacial score (nSPS) is 20.2. The molecule has 22 heavy (non-hydrogen) atoms. The highest BCUT2D eigenvalue weighted by Crippen LogP contribution is 2.38. The molecule has 0 unspecified atom stereocenters. The van der Waals surface area contributed by atoms with E-state index in [9.17, 15) is 25.5 Å². The highest BCUT2D eigenvalue weighted by atomic mass is 16.5. The molecule has 1 aliphatic rings. The first-order valence-corrected chi connectivity index (χ1v) is 6.84. The minimum Gasteiger partial charge on any atom is -0.508 e. The zero-order chi connectivity index (χ0) is 15.9. The van der Waals surface area contributed by atoms with E-state index < -0.39 is 12.2 Å². The molecule has 0 radical (unpaired) electrons. The number of benzene rings is 2. The number of phenols is 4. The van der Waals surface area contributed by atoms with Gasteiger partial charge in [-0.25, -0.2) is 0 Å². The molecular formula is C16H16O6. The van der Waals surface area contributed by atoms with Crippen molar-refractivity contribution in [2.75, 3.05) is 0 Å². The van der Waals surface area contributed by atoms with Crippen LogP contribution in [0.1, 0.15) is 11.1 Å². The first kappa shape index (κ1) is 14.3. The lowest BCUT2D eigenvalue weighted by Gasteiger charge is -2.31. The van der Waals surface area contributed by atoms with Gasteiger partial charge in [-0.15, -0.1) is 0 Å². The molecule has 6 heteroatoms. The Bertz CT molecular complexity index is 712. The van der Waals surface area contributed by atoms with Crippen molar-refractivity contribution >= 4 is 0 Å². The largest absolute Gasteiger partial charge is 0.508 e. The molecule has 0 saturated carbocycles. The van der Waals surface area contributed by atoms with Crippen molar-refractivity contribution in [3.05, 3.63) is 41.5 Å². The van der Waals surface area contributed by atoms with Crippen molar-refractivity contribution in [3.8, 4) is 28.7 Å². The molecule has 1 heterocycles. The summed E-state index contributed by atoms with van der Waals surface area (Å²) in [7, 11) is 0. The van der Waals surface area contributed by atoms with Gasteiger partial charge in [0.05, 0.1) is 6.10 Å². The smallest absolute Gasteiger partial charge is 0.157 e. The van der Waals surface area contributed by atoms with Crippen molar-refractivity contribution in [1.29, 1.82) is 0 Å². The summed E-state index contributed by atoms with van der Waals surface area (Å²) >= 11 is 0. The zero-order valence-corrected chi connectivity index (χ0v) is 11.6. The summed E-state index contributed by atoms with van der Waals surface area (Å²) in [4.78, 5) is 0. The number of rotatable bonds is 2. The number of hydrogen-bond acceptors (Lipinski definition) is 6. The van der Waals surface area contributed by atoms with E-state index in [2.05, 4.69) is 0 Å². The highest BCUT2D eigenvalue weighted by Gasteiger charge is 2.31. The molecule has 0 fully saturated rings. The van der Waals surface area contributed by atoms with Gasteiger partial charge in [0.1, 0.15) is 23.4 Å². The fraction of sp³-hybridized carbons (Fsp3) is 0.250. The lowest BCUT2D eigenvalue weighted by atomic mass is 9.94. The Kier molecular flexibility index (Phi) is 3.46. The molecule has 2 aromatic rings. The van der Waals surface area contributed by atoms with E-state index in [1.54, 1.807) is 6.07 Å². The van der Waals surface area contributed by atoms with Crippen LogP contribution < -0.4 is 4.74 Å². The molecule has 0 saturated heterocycles. The average Bonchev–Trinajstić information content (AvgIpc) is 2.45. The fourth-order valence-corrected chi connectivity index (χ4v) is 2.62. The van der Waals surface area contributed by atoms with Crippen LogP contribution >= 0.6 is 0 Å². The van der Waals surface area contributed by atoms with E-state index >= 15 is 0 Å². The summed E-state index contributed by atoms with van der Waals surface area (Å²) in [5.41, 5.74) is 1.14. The minimum absolute atomic E-state index is 0.116. The van der Waals surface area contributed by atoms with Crippen molar-refractivity contribution in [3.63, 3.8) is 0 Å². The van der Waals surface area contributed by atoms with Gasteiger partial charge in [0.2, 0.25) is 0 Å². The fourth-order valence-electron chi connectivity index (χ4n) is 2.62. The summed E-state index contributed by atoms with van der Waals surface area (Å²) in [6.07, 6.45) is -0.905. The number of aliphatic hydroxyl groups excluding tert-OH is 1. The number of aromatic hydroxyl groups is 4. The van der Waals surface area contributed by atoms with E-state index in [-0.39, 0.29) is 29.4 Å². The maximum atomic E-state index is 10.2. The quantitative estimate of drug-likeness (QED) is 0.537. The van der Waals surface area contributed by atoms with Gasteiger partial charge in [0.15, 0.2) is 11.5 Å². The predicted molar refractivity (Wildman–Crippen MR) is 77.4 cm³/mol. The third-order valence-electron chi connectivity index (χ3n) is 3.77. The summed E-state index contributed by atoms with van der Waals surface area (Å²) in [5, 5.41) is 48.3. The summed E-state index contributed by atoms with van der Waals surface area (Å²) in [6, 6.07) is 6.99. The topological polar surface area (TPSA) is 110 Å². The van der Waals surface area contributed by atoms with Crippen molar-refractivity contribution in [2.45, 2.75) is 25.0 Å². The lowest BCUT2D eigenvalue weighted by Crippen LogP contribution is -2.39. The average molecular weight is 304 g/mol. The van der Waals surface area contributed by atoms with Crippen LogP contribution in [0.25, 0.3) is 0 Å². The Hall–Kier alpha value is -2.60. The predicted octanol–water partition coefficient (Wildman–Crippen LogP) is 1.42. The molecule has 0 bridgehead atoms. The third kappa shape index (κ3) is 2.60. The third-order valence-corrected chi connectivity index (χ3v) is 3.77. The Morgan fingerprint density at radius 1 is 0.955 bits per heavy atom. The lowest BCUT2D eigenvalue weighted by molar-refractivity contribution is 0.0213. The first-order chi connectivity index (χ1) is 10.4. The minimum atomic E-state index is -0.834. The van der Waals surface area contributed by atoms with Crippen molar-refractivity contribution in [1.82, 2.24) is 0 Å². The Labute approximate surface area is 126 Å². The summed E-state index contributed by atoms with van der Waals surface area (Å²) < 4.78 is 5.67. The molecule has 2 atom stereocenters. The second-order valence-electron chi connectivity index (χ2n) is 5.40. The van der Waals surface area contributed by atoms with Gasteiger partial charge in [-0.1, -0.05) is 6.07 Å². The maximum Gasteiger partial charge on any atom is 0.157 e. The number of hydrogen-bond donors (Lipinski definition) is 5. The van der Waals surface area contributed by atoms with E-state index in [4.69, 9.17) is 4.74 Å². The van der Waals surface area contributed by atoms with E-state index in [1.165, 1.54) is 24.3 Å². The van der Waals surface area contributed by atoms with Gasteiger partial charge in [0, 0.05) is 30.5 Å². The van der Waals surface area contributed by atoms with E-state index in [0.717, 1.165) is 0 Å². The molecule has 0 aliphatic carbocycles. The van der Waals surface area contributed by atoms with Crippen LogP contribution in [0.3, 0.4) is 0 Å². The van der Waals surface area contributed by atoms with Crippen LogP contribution in [0.4, 0.5) is 0 Å². The van der Waals surface area contributed by atoms with Crippen LogP contribution in [0.15, 0.2) is 30.3 Å². The standard InChI is InChI=1S/C16H16O6/c17-9-5-12(19)10-7-14(21)16(22-15(10)6-9)4-8-1-2-11(18)13(20)3-8/h1-3,5-6,14,16-21H,4,7H2/t14-,16-/m1/s1. The molecular weight excluding hydrogens is 288 g/mol. The number of aliphatic hydroxyl groups is 1. The number of ether oxygens (including phenoxy) is 1. The van der Waals surface area contributed by atoms with Crippen molar-refractivity contribution in [2.24, 2.45) is 0 Å². The van der Waals surface area contributed by atoms with Crippen LogP contribution in [0, 0.1) is 0 Å². The van der Waals surface area contributed by atoms with Crippen molar-refractivity contribution < 1.29 is 30.3 Å². The van der Waals surface area contributed by atoms with Gasteiger partial charge < -0.3 is 30.3 Å². The van der Waals surface area contributed by atoms with E-state index in [1.807, 2.05) is 0 Å². The molecule has 0 amide bonds. The van der Waals surface area contributed by atoms with E-state index in [0.29, 0.717) is 23.3 Å². The molecule has 6 nitrogen and oxygen atoms in total. The van der Waals surface area contributed by atoms with Gasteiger partial charge in [-0.3, -0.25) is 0 Å². The second-order valence-corrected chi connectivity index (χ2v) is 5.40.